The molecule has 0 aliphatic heterocycles. The van der Waals surface area contributed by atoms with Crippen molar-refractivity contribution in [2.45, 2.75) is 0 Å². The number of para-hydroxylation sites is 3. The Kier molecular flexibility index (Phi) is 6.42. The second kappa shape index (κ2) is 11.4. The zero-order valence-corrected chi connectivity index (χ0v) is 26.9. The van der Waals surface area contributed by atoms with E-state index >= 15 is 0 Å². The van der Waals surface area contributed by atoms with E-state index in [9.17, 15) is 0 Å². The molecule has 3 aromatic heterocycles. The molecule has 0 aliphatic rings. The lowest BCUT2D eigenvalue weighted by molar-refractivity contribution is 0.669. The van der Waals surface area contributed by atoms with Gasteiger partial charge in [0.2, 0.25) is 0 Å². The Morgan fingerprint density at radius 1 is 0.340 bits per heavy atom. The number of benzene rings is 7. The Bertz CT molecular complexity index is 2830. The Hall–Kier alpha value is -6.85. The van der Waals surface area contributed by atoms with Crippen molar-refractivity contribution < 1.29 is 4.42 Å². The molecule has 10 aromatic rings. The SMILES string of the molecule is c1ccc(-c2nc(-c3cccc(-c4ccc5oc6ccccc6c5c4)c3)nc(-c3cccc(-n4c5ccccc5c5ccccc54)c3)n2)cc1. The standard InChI is InChI=1S/C45H28N4O/c1-2-12-29(13-3-1)43-46-44(32-15-10-14-30(26-32)31-24-25-42-38(28-31)37-20-6-9-23-41(37)50-42)48-45(47-43)33-16-11-17-34(27-33)49-39-21-7-4-18-35(39)36-19-5-8-22-40(36)49/h1-28H. The molecule has 234 valence electrons. The molecule has 10 rings (SSSR count). The molecule has 3 heterocycles. The first-order valence-electron chi connectivity index (χ1n) is 16.7. The van der Waals surface area contributed by atoms with Crippen LogP contribution < -0.4 is 0 Å². The van der Waals surface area contributed by atoms with Gasteiger partial charge in [-0.2, -0.15) is 0 Å². The summed E-state index contributed by atoms with van der Waals surface area (Å²) in [6, 6.07) is 58.6. The van der Waals surface area contributed by atoms with Crippen molar-refractivity contribution in [1.29, 1.82) is 0 Å². The molecule has 0 spiro atoms. The van der Waals surface area contributed by atoms with Gasteiger partial charge in [-0.25, -0.2) is 15.0 Å². The van der Waals surface area contributed by atoms with E-state index in [-0.39, 0.29) is 0 Å². The maximum atomic E-state index is 6.09. The molecule has 0 amide bonds. The van der Waals surface area contributed by atoms with E-state index in [2.05, 4.69) is 126 Å². The zero-order valence-electron chi connectivity index (χ0n) is 26.9. The zero-order chi connectivity index (χ0) is 33.0. The summed E-state index contributed by atoms with van der Waals surface area (Å²) in [7, 11) is 0. The minimum absolute atomic E-state index is 0.618. The van der Waals surface area contributed by atoms with E-state index in [0.717, 1.165) is 66.5 Å². The van der Waals surface area contributed by atoms with E-state index in [1.807, 2.05) is 48.5 Å². The molecule has 0 bridgehead atoms. The third-order valence-electron chi connectivity index (χ3n) is 9.44. The lowest BCUT2D eigenvalue weighted by Crippen LogP contribution is -2.01. The summed E-state index contributed by atoms with van der Waals surface area (Å²) in [5, 5.41) is 4.66. The van der Waals surface area contributed by atoms with Crippen LogP contribution in [0.15, 0.2) is 174 Å². The molecule has 0 saturated carbocycles. The van der Waals surface area contributed by atoms with Crippen molar-refractivity contribution >= 4 is 43.7 Å². The van der Waals surface area contributed by atoms with E-state index in [4.69, 9.17) is 19.4 Å². The molecule has 0 saturated heterocycles. The minimum atomic E-state index is 0.618. The van der Waals surface area contributed by atoms with E-state index < -0.39 is 0 Å². The Labute approximate surface area is 287 Å². The molecule has 0 aliphatic carbocycles. The predicted octanol–water partition coefficient (Wildman–Crippen LogP) is 11.5. The summed E-state index contributed by atoms with van der Waals surface area (Å²) in [5.74, 6) is 1.87. The van der Waals surface area contributed by atoms with Crippen LogP contribution in [0.1, 0.15) is 0 Å². The molecular formula is C45H28N4O. The molecule has 7 aromatic carbocycles. The highest BCUT2D eigenvalue weighted by molar-refractivity contribution is 6.09. The van der Waals surface area contributed by atoms with Crippen LogP contribution in [0.3, 0.4) is 0 Å². The van der Waals surface area contributed by atoms with Gasteiger partial charge in [-0.3, -0.25) is 0 Å². The fourth-order valence-corrected chi connectivity index (χ4v) is 7.08. The van der Waals surface area contributed by atoms with Gasteiger partial charge in [0.15, 0.2) is 17.5 Å². The first-order chi connectivity index (χ1) is 24.8. The smallest absolute Gasteiger partial charge is 0.164 e. The summed E-state index contributed by atoms with van der Waals surface area (Å²) in [4.78, 5) is 15.2. The Morgan fingerprint density at radius 2 is 0.860 bits per heavy atom. The Morgan fingerprint density at radius 3 is 1.60 bits per heavy atom. The number of hydrogen-bond donors (Lipinski definition) is 0. The third-order valence-corrected chi connectivity index (χ3v) is 9.44. The minimum Gasteiger partial charge on any atom is -0.456 e. The highest BCUT2D eigenvalue weighted by atomic mass is 16.3. The first-order valence-corrected chi connectivity index (χ1v) is 16.7. The second-order valence-electron chi connectivity index (χ2n) is 12.5. The van der Waals surface area contributed by atoms with Gasteiger partial charge in [-0.15, -0.1) is 0 Å². The molecule has 0 N–H and O–H groups in total. The molecule has 0 fully saturated rings. The number of fused-ring (bicyclic) bond motifs is 6. The largest absolute Gasteiger partial charge is 0.456 e. The van der Waals surface area contributed by atoms with Crippen molar-refractivity contribution in [3.05, 3.63) is 170 Å². The lowest BCUT2D eigenvalue weighted by Gasteiger charge is -2.12. The molecule has 0 radical (unpaired) electrons. The summed E-state index contributed by atoms with van der Waals surface area (Å²) in [6.07, 6.45) is 0. The summed E-state index contributed by atoms with van der Waals surface area (Å²) >= 11 is 0. The van der Waals surface area contributed by atoms with Crippen LogP contribution in [0.5, 0.6) is 0 Å². The van der Waals surface area contributed by atoms with Crippen molar-refractivity contribution in [3.8, 4) is 51.0 Å². The van der Waals surface area contributed by atoms with Crippen LogP contribution in [-0.2, 0) is 0 Å². The first kappa shape index (κ1) is 28.2. The normalized spacial score (nSPS) is 11.6. The lowest BCUT2D eigenvalue weighted by atomic mass is 10.0. The monoisotopic (exact) mass is 640 g/mol. The van der Waals surface area contributed by atoms with Crippen molar-refractivity contribution in [2.24, 2.45) is 0 Å². The quantitative estimate of drug-likeness (QED) is 0.188. The summed E-state index contributed by atoms with van der Waals surface area (Å²) in [5.41, 5.74) is 10.1. The maximum Gasteiger partial charge on any atom is 0.164 e. The van der Waals surface area contributed by atoms with Gasteiger partial charge in [0.05, 0.1) is 11.0 Å². The topological polar surface area (TPSA) is 56.7 Å². The van der Waals surface area contributed by atoms with Crippen LogP contribution in [0.4, 0.5) is 0 Å². The molecular weight excluding hydrogens is 613 g/mol. The number of nitrogens with zero attached hydrogens (tertiary/aromatic N) is 4. The third kappa shape index (κ3) is 4.67. The molecule has 5 heteroatoms. The van der Waals surface area contributed by atoms with Gasteiger partial charge in [0.1, 0.15) is 11.2 Å². The van der Waals surface area contributed by atoms with Crippen molar-refractivity contribution in [2.75, 3.05) is 0 Å². The second-order valence-corrected chi connectivity index (χ2v) is 12.5. The van der Waals surface area contributed by atoms with Gasteiger partial charge >= 0.3 is 0 Å². The molecule has 0 unspecified atom stereocenters. The van der Waals surface area contributed by atoms with Crippen molar-refractivity contribution in [1.82, 2.24) is 19.5 Å². The maximum absolute atomic E-state index is 6.09. The Balaban J connectivity index is 1.12. The number of furan rings is 1. The summed E-state index contributed by atoms with van der Waals surface area (Å²) in [6.45, 7) is 0. The van der Waals surface area contributed by atoms with Crippen molar-refractivity contribution in [3.63, 3.8) is 0 Å². The van der Waals surface area contributed by atoms with E-state index in [0.29, 0.717) is 17.5 Å². The predicted molar refractivity (Wildman–Crippen MR) is 203 cm³/mol. The molecule has 5 nitrogen and oxygen atoms in total. The van der Waals surface area contributed by atoms with Crippen LogP contribution in [0, 0.1) is 0 Å². The molecule has 0 atom stereocenters. The van der Waals surface area contributed by atoms with E-state index in [1.165, 1.54) is 10.8 Å². The number of aromatic nitrogens is 4. The fraction of sp³-hybridized carbons (Fsp3) is 0. The molecule has 50 heavy (non-hydrogen) atoms. The number of hydrogen-bond acceptors (Lipinski definition) is 4. The van der Waals surface area contributed by atoms with E-state index in [1.54, 1.807) is 0 Å². The van der Waals surface area contributed by atoms with Gasteiger partial charge in [0, 0.05) is 43.9 Å². The van der Waals surface area contributed by atoms with Crippen LogP contribution in [0.25, 0.3) is 94.7 Å². The van der Waals surface area contributed by atoms with Gasteiger partial charge < -0.3 is 8.98 Å². The number of rotatable bonds is 5. The van der Waals surface area contributed by atoms with Crippen LogP contribution in [-0.4, -0.2) is 19.5 Å². The average molecular weight is 641 g/mol. The van der Waals surface area contributed by atoms with Crippen LogP contribution >= 0.6 is 0 Å². The van der Waals surface area contributed by atoms with Gasteiger partial charge in [0.25, 0.3) is 0 Å². The average Bonchev–Trinajstić information content (AvgIpc) is 3.74. The highest BCUT2D eigenvalue weighted by Gasteiger charge is 2.16. The van der Waals surface area contributed by atoms with Gasteiger partial charge in [-0.1, -0.05) is 121 Å². The highest BCUT2D eigenvalue weighted by Crippen LogP contribution is 2.35. The van der Waals surface area contributed by atoms with Gasteiger partial charge in [-0.05, 0) is 59.7 Å². The van der Waals surface area contributed by atoms with Crippen LogP contribution in [0.2, 0.25) is 0 Å². The summed E-state index contributed by atoms with van der Waals surface area (Å²) < 4.78 is 8.41. The fourth-order valence-electron chi connectivity index (χ4n) is 7.08.